The lowest BCUT2D eigenvalue weighted by Crippen LogP contribution is -2.10. The van der Waals surface area contributed by atoms with Crippen LogP contribution in [0.25, 0.3) is 93.5 Å². The van der Waals surface area contributed by atoms with E-state index < -0.39 is 0 Å². The van der Waals surface area contributed by atoms with Crippen molar-refractivity contribution in [2.45, 2.75) is 0 Å². The smallest absolute Gasteiger partial charge is 0.0547 e. The van der Waals surface area contributed by atoms with Crippen LogP contribution in [-0.2, 0) is 0 Å². The van der Waals surface area contributed by atoms with Gasteiger partial charge in [0.1, 0.15) is 0 Å². The van der Waals surface area contributed by atoms with E-state index in [2.05, 4.69) is 264 Å². The molecule has 0 bridgehead atoms. The molecule has 300 valence electrons. The molecule has 0 radical (unpaired) electrons. The van der Waals surface area contributed by atoms with E-state index in [1.165, 1.54) is 82.3 Å². The molecule has 11 aromatic carbocycles. The van der Waals surface area contributed by atoms with Gasteiger partial charge in [0.05, 0.1) is 22.4 Å². The highest BCUT2D eigenvalue weighted by atomic mass is 15.1. The second kappa shape index (κ2) is 15.8. The third-order valence-corrected chi connectivity index (χ3v) is 12.8. The summed E-state index contributed by atoms with van der Waals surface area (Å²) in [5.74, 6) is 0. The Bertz CT molecular complexity index is 3630. The molecule has 2 heteroatoms. The predicted octanol–water partition coefficient (Wildman–Crippen LogP) is 17.2. The summed E-state index contributed by atoms with van der Waals surface area (Å²) in [7, 11) is 0. The normalized spacial score (nSPS) is 11.4. The van der Waals surface area contributed by atoms with Gasteiger partial charge in [0.2, 0.25) is 0 Å². The maximum absolute atomic E-state index is 2.47. The Morgan fingerprint density at radius 1 is 0.281 bits per heavy atom. The summed E-state index contributed by atoms with van der Waals surface area (Å²) >= 11 is 0. The molecule has 0 fully saturated rings. The molecule has 1 aromatic heterocycles. The van der Waals surface area contributed by atoms with Gasteiger partial charge in [-0.2, -0.15) is 0 Å². The first-order valence-corrected chi connectivity index (χ1v) is 22.0. The van der Waals surface area contributed by atoms with Crippen LogP contribution >= 0.6 is 0 Å². The van der Waals surface area contributed by atoms with Crippen LogP contribution in [0.1, 0.15) is 0 Å². The fourth-order valence-electron chi connectivity index (χ4n) is 9.87. The minimum absolute atomic E-state index is 1.08. The molecule has 0 amide bonds. The highest BCUT2D eigenvalue weighted by molar-refractivity contribution is 6.21. The average molecular weight is 815 g/mol. The molecule has 0 saturated heterocycles. The van der Waals surface area contributed by atoms with E-state index in [9.17, 15) is 0 Å². The van der Waals surface area contributed by atoms with Crippen molar-refractivity contribution in [2.75, 3.05) is 4.90 Å². The molecule has 12 rings (SSSR count). The topological polar surface area (TPSA) is 8.17 Å². The Morgan fingerprint density at radius 3 is 1.52 bits per heavy atom. The Balaban J connectivity index is 1.04. The maximum atomic E-state index is 2.47. The Labute approximate surface area is 373 Å². The molecule has 0 aliphatic carbocycles. The second-order valence-electron chi connectivity index (χ2n) is 16.4. The van der Waals surface area contributed by atoms with Crippen LogP contribution in [0.3, 0.4) is 0 Å². The molecule has 0 spiro atoms. The van der Waals surface area contributed by atoms with Crippen LogP contribution in [0.4, 0.5) is 17.1 Å². The van der Waals surface area contributed by atoms with Crippen molar-refractivity contribution in [3.63, 3.8) is 0 Å². The van der Waals surface area contributed by atoms with Crippen molar-refractivity contribution in [3.8, 4) is 50.2 Å². The van der Waals surface area contributed by atoms with Crippen molar-refractivity contribution in [3.05, 3.63) is 255 Å². The molecular formula is C62H42N2. The van der Waals surface area contributed by atoms with Crippen LogP contribution in [0, 0.1) is 0 Å². The summed E-state index contributed by atoms with van der Waals surface area (Å²) < 4.78 is 2.47. The van der Waals surface area contributed by atoms with E-state index in [1.54, 1.807) is 0 Å². The highest BCUT2D eigenvalue weighted by Gasteiger charge is 2.22. The number of benzene rings is 11. The second-order valence-corrected chi connectivity index (χ2v) is 16.4. The SMILES string of the molecule is c1ccc(-c2ccc(N(c3ccc(-c4cccc(-n5c6ccccc6c6c7ccccc7ccc65)c4-c4ccccc4)cc3)c3ccc(-c4ccccc4)c4ccccc34)cc2)cc1. The minimum atomic E-state index is 1.08. The molecule has 1 heterocycles. The number of nitrogens with zero attached hydrogens (tertiary/aromatic N) is 2. The Morgan fingerprint density at radius 2 is 0.812 bits per heavy atom. The summed E-state index contributed by atoms with van der Waals surface area (Å²) in [4.78, 5) is 2.41. The molecule has 0 unspecified atom stereocenters. The van der Waals surface area contributed by atoms with Crippen molar-refractivity contribution >= 4 is 60.4 Å². The maximum Gasteiger partial charge on any atom is 0.0547 e. The zero-order valence-corrected chi connectivity index (χ0v) is 35.1. The number of hydrogen-bond donors (Lipinski definition) is 0. The van der Waals surface area contributed by atoms with Crippen molar-refractivity contribution in [1.82, 2.24) is 4.57 Å². The quantitative estimate of drug-likeness (QED) is 0.148. The number of aromatic nitrogens is 1. The van der Waals surface area contributed by atoms with E-state index in [0.29, 0.717) is 0 Å². The molecule has 0 saturated carbocycles. The first-order valence-electron chi connectivity index (χ1n) is 22.0. The fraction of sp³-hybridized carbons (Fsp3) is 0. The first-order chi connectivity index (χ1) is 31.8. The van der Waals surface area contributed by atoms with Crippen LogP contribution in [0.5, 0.6) is 0 Å². The van der Waals surface area contributed by atoms with Crippen molar-refractivity contribution in [1.29, 1.82) is 0 Å². The van der Waals surface area contributed by atoms with Crippen LogP contribution < -0.4 is 4.90 Å². The van der Waals surface area contributed by atoms with E-state index in [-0.39, 0.29) is 0 Å². The number of hydrogen-bond acceptors (Lipinski definition) is 1. The summed E-state index contributed by atoms with van der Waals surface area (Å²) in [6, 6.07) is 92.6. The van der Waals surface area contributed by atoms with Gasteiger partial charge in [-0.3, -0.25) is 0 Å². The molecule has 0 aliphatic rings. The zero-order chi connectivity index (χ0) is 42.4. The summed E-state index contributed by atoms with van der Waals surface area (Å²) in [6.07, 6.45) is 0. The van der Waals surface area contributed by atoms with Crippen LogP contribution in [0.15, 0.2) is 255 Å². The van der Waals surface area contributed by atoms with Gasteiger partial charge < -0.3 is 9.47 Å². The summed E-state index contributed by atoms with van der Waals surface area (Å²) in [5, 5.41) is 7.46. The predicted molar refractivity (Wildman–Crippen MR) is 272 cm³/mol. The van der Waals surface area contributed by atoms with Crippen molar-refractivity contribution in [2.24, 2.45) is 0 Å². The van der Waals surface area contributed by atoms with Gasteiger partial charge in [-0.15, -0.1) is 0 Å². The summed E-state index contributed by atoms with van der Waals surface area (Å²) in [6.45, 7) is 0. The Kier molecular flexibility index (Phi) is 9.20. The van der Waals surface area contributed by atoms with E-state index in [4.69, 9.17) is 0 Å². The highest BCUT2D eigenvalue weighted by Crippen LogP contribution is 2.45. The lowest BCUT2D eigenvalue weighted by Gasteiger charge is -2.28. The van der Waals surface area contributed by atoms with Gasteiger partial charge in [-0.05, 0) is 104 Å². The zero-order valence-electron chi connectivity index (χ0n) is 35.1. The summed E-state index contributed by atoms with van der Waals surface area (Å²) in [5.41, 5.74) is 16.4. The monoisotopic (exact) mass is 814 g/mol. The van der Waals surface area contributed by atoms with Gasteiger partial charge in [-0.1, -0.05) is 206 Å². The Hall–Kier alpha value is -8.46. The third-order valence-electron chi connectivity index (χ3n) is 12.8. The van der Waals surface area contributed by atoms with Crippen LogP contribution in [0.2, 0.25) is 0 Å². The lowest BCUT2D eigenvalue weighted by molar-refractivity contribution is 1.18. The molecule has 0 atom stereocenters. The molecule has 0 N–H and O–H groups in total. The standard InChI is InChI=1S/C62H42N2/c1-4-17-43(18-5-1)44-31-36-49(37-32-44)63(58-42-40-51(45-19-6-2-7-20-45)54-25-12-13-26-55(54)58)50-38-33-47(34-39-50)52-28-16-30-59(61(52)48-22-8-3-9-23-48)64-57-29-15-14-27-56(57)62-53-24-11-10-21-46(53)35-41-60(62)64/h1-42H. The molecule has 64 heavy (non-hydrogen) atoms. The van der Waals surface area contributed by atoms with Gasteiger partial charge in [0, 0.05) is 33.1 Å². The van der Waals surface area contributed by atoms with Gasteiger partial charge >= 0.3 is 0 Å². The van der Waals surface area contributed by atoms with Crippen molar-refractivity contribution < 1.29 is 0 Å². The van der Waals surface area contributed by atoms with E-state index in [0.717, 1.165) is 28.3 Å². The fourth-order valence-corrected chi connectivity index (χ4v) is 9.87. The molecular weight excluding hydrogens is 773 g/mol. The lowest BCUT2D eigenvalue weighted by atomic mass is 9.92. The van der Waals surface area contributed by atoms with Gasteiger partial charge in [0.25, 0.3) is 0 Å². The molecule has 12 aromatic rings. The van der Waals surface area contributed by atoms with Gasteiger partial charge in [-0.25, -0.2) is 0 Å². The number of fused-ring (bicyclic) bond motifs is 6. The number of anilines is 3. The average Bonchev–Trinajstić information content (AvgIpc) is 3.72. The van der Waals surface area contributed by atoms with E-state index in [1.807, 2.05) is 0 Å². The minimum Gasteiger partial charge on any atom is -0.310 e. The number of para-hydroxylation sites is 1. The number of rotatable bonds is 8. The molecule has 2 nitrogen and oxygen atoms in total. The molecule has 0 aliphatic heterocycles. The largest absolute Gasteiger partial charge is 0.310 e. The third kappa shape index (κ3) is 6.35. The van der Waals surface area contributed by atoms with Gasteiger partial charge in [0.15, 0.2) is 0 Å². The first kappa shape index (κ1) is 37.3. The van der Waals surface area contributed by atoms with E-state index >= 15 is 0 Å². The van der Waals surface area contributed by atoms with Crippen LogP contribution in [-0.4, -0.2) is 4.57 Å².